The van der Waals surface area contributed by atoms with Gasteiger partial charge in [0, 0.05) is 5.41 Å². The zero-order valence-electron chi connectivity index (χ0n) is 9.80. The zero-order chi connectivity index (χ0) is 11.1. The molecule has 14 heavy (non-hydrogen) atoms. The molecule has 0 aliphatic rings. The van der Waals surface area contributed by atoms with Gasteiger partial charge in [-0.05, 0) is 20.8 Å². The van der Waals surface area contributed by atoms with E-state index in [9.17, 15) is 0 Å². The Balaban J connectivity index is 3.31. The quantitative estimate of drug-likeness (QED) is 0.672. The summed E-state index contributed by atoms with van der Waals surface area (Å²) in [4.78, 5) is 0. The standard InChI is InChI=1S/C10H19N3S/c1-9(2,3)7-8(14)13(12-11-7)10(4,5)6/h12H,1-6H3. The third kappa shape index (κ3) is 2.05. The highest BCUT2D eigenvalue weighted by Crippen LogP contribution is 2.23. The van der Waals surface area contributed by atoms with Crippen LogP contribution in [0.15, 0.2) is 0 Å². The molecule has 0 unspecified atom stereocenters. The van der Waals surface area contributed by atoms with Crippen molar-refractivity contribution in [2.24, 2.45) is 0 Å². The lowest BCUT2D eigenvalue weighted by atomic mass is 9.93. The summed E-state index contributed by atoms with van der Waals surface area (Å²) in [5, 5.41) is 7.27. The molecule has 0 fully saturated rings. The van der Waals surface area contributed by atoms with Gasteiger partial charge in [0.25, 0.3) is 0 Å². The maximum atomic E-state index is 5.39. The topological polar surface area (TPSA) is 33.6 Å². The first-order valence-corrected chi connectivity index (χ1v) is 5.23. The summed E-state index contributed by atoms with van der Waals surface area (Å²) in [6.07, 6.45) is 0. The van der Waals surface area contributed by atoms with E-state index in [1.165, 1.54) is 0 Å². The lowest BCUT2D eigenvalue weighted by Crippen LogP contribution is -2.23. The molecule has 0 aliphatic heterocycles. The maximum absolute atomic E-state index is 5.39. The van der Waals surface area contributed by atoms with E-state index < -0.39 is 0 Å². The van der Waals surface area contributed by atoms with Crippen LogP contribution in [-0.4, -0.2) is 15.0 Å². The number of nitrogens with zero attached hydrogens (tertiary/aromatic N) is 2. The Labute approximate surface area is 90.5 Å². The van der Waals surface area contributed by atoms with Crippen LogP contribution in [0.2, 0.25) is 0 Å². The molecule has 1 aromatic rings. The first-order valence-electron chi connectivity index (χ1n) is 4.82. The maximum Gasteiger partial charge on any atom is 0.146 e. The van der Waals surface area contributed by atoms with Gasteiger partial charge in [0.2, 0.25) is 0 Å². The fourth-order valence-corrected chi connectivity index (χ4v) is 1.91. The fourth-order valence-electron chi connectivity index (χ4n) is 1.24. The Kier molecular flexibility index (Phi) is 2.61. The molecule has 1 N–H and O–H groups in total. The number of rotatable bonds is 0. The van der Waals surface area contributed by atoms with Gasteiger partial charge in [-0.15, -0.1) is 0 Å². The average molecular weight is 213 g/mol. The van der Waals surface area contributed by atoms with Crippen LogP contribution >= 0.6 is 12.2 Å². The molecular weight excluding hydrogens is 194 g/mol. The third-order valence-corrected chi connectivity index (χ3v) is 2.42. The molecule has 0 spiro atoms. The van der Waals surface area contributed by atoms with E-state index in [1.807, 2.05) is 4.68 Å². The largest absolute Gasteiger partial charge is 0.254 e. The molecule has 1 aromatic heterocycles. The predicted octanol–water partition coefficient (Wildman–Crippen LogP) is 2.99. The highest BCUT2D eigenvalue weighted by molar-refractivity contribution is 7.71. The molecule has 80 valence electrons. The lowest BCUT2D eigenvalue weighted by molar-refractivity contribution is 0.343. The van der Waals surface area contributed by atoms with Crippen molar-refractivity contribution in [3.63, 3.8) is 0 Å². The average Bonchev–Trinajstić information content (AvgIpc) is 2.26. The number of hydrogen-bond acceptors (Lipinski definition) is 2. The zero-order valence-corrected chi connectivity index (χ0v) is 10.6. The van der Waals surface area contributed by atoms with Crippen molar-refractivity contribution in [1.29, 1.82) is 0 Å². The van der Waals surface area contributed by atoms with E-state index in [-0.39, 0.29) is 11.0 Å². The van der Waals surface area contributed by atoms with Gasteiger partial charge in [-0.1, -0.05) is 33.0 Å². The van der Waals surface area contributed by atoms with Crippen molar-refractivity contribution >= 4 is 12.2 Å². The Morgan fingerprint density at radius 3 is 1.86 bits per heavy atom. The molecular formula is C10H19N3S. The van der Waals surface area contributed by atoms with Crippen molar-refractivity contribution in [2.75, 3.05) is 0 Å². The van der Waals surface area contributed by atoms with E-state index in [0.717, 1.165) is 10.3 Å². The highest BCUT2D eigenvalue weighted by Gasteiger charge is 2.23. The molecule has 0 amide bonds. The van der Waals surface area contributed by atoms with E-state index in [1.54, 1.807) is 0 Å². The normalized spacial score (nSPS) is 13.3. The Morgan fingerprint density at radius 1 is 1.14 bits per heavy atom. The van der Waals surface area contributed by atoms with Crippen LogP contribution in [0, 0.1) is 4.64 Å². The first-order chi connectivity index (χ1) is 6.14. The monoisotopic (exact) mass is 213 g/mol. The van der Waals surface area contributed by atoms with Crippen molar-refractivity contribution in [3.05, 3.63) is 10.3 Å². The molecule has 0 aromatic carbocycles. The van der Waals surface area contributed by atoms with Gasteiger partial charge >= 0.3 is 0 Å². The molecule has 0 bridgehead atoms. The Hall–Kier alpha value is -0.640. The molecule has 1 rings (SSSR count). The van der Waals surface area contributed by atoms with Crippen LogP contribution in [0.25, 0.3) is 0 Å². The fraction of sp³-hybridized carbons (Fsp3) is 0.800. The smallest absolute Gasteiger partial charge is 0.146 e. The minimum Gasteiger partial charge on any atom is -0.254 e. The second kappa shape index (κ2) is 3.19. The van der Waals surface area contributed by atoms with Crippen molar-refractivity contribution in [1.82, 2.24) is 15.0 Å². The summed E-state index contributed by atoms with van der Waals surface area (Å²) in [7, 11) is 0. The van der Waals surface area contributed by atoms with Gasteiger partial charge in [0.15, 0.2) is 0 Å². The Morgan fingerprint density at radius 2 is 1.64 bits per heavy atom. The molecule has 0 saturated carbocycles. The van der Waals surface area contributed by atoms with Gasteiger partial charge < -0.3 is 0 Å². The van der Waals surface area contributed by atoms with Crippen LogP contribution in [-0.2, 0) is 11.0 Å². The minimum absolute atomic E-state index is 0.00405. The first kappa shape index (κ1) is 11.4. The van der Waals surface area contributed by atoms with Crippen molar-refractivity contribution in [3.8, 4) is 0 Å². The third-order valence-electron chi connectivity index (χ3n) is 2.05. The SMILES string of the molecule is CC(C)(C)c1n[nH]n(C(C)(C)C)c1=S. The van der Waals surface area contributed by atoms with Gasteiger partial charge in [0.05, 0.1) is 5.54 Å². The van der Waals surface area contributed by atoms with Crippen LogP contribution in [0.1, 0.15) is 47.2 Å². The van der Waals surface area contributed by atoms with Gasteiger partial charge in [-0.3, -0.25) is 4.68 Å². The second-order valence-electron chi connectivity index (χ2n) is 5.62. The van der Waals surface area contributed by atoms with Gasteiger partial charge in [0.1, 0.15) is 10.3 Å². The van der Waals surface area contributed by atoms with E-state index in [2.05, 4.69) is 51.9 Å². The summed E-state index contributed by atoms with van der Waals surface area (Å²) < 4.78 is 2.74. The predicted molar refractivity (Wildman–Crippen MR) is 61.1 cm³/mol. The summed E-state index contributed by atoms with van der Waals surface area (Å²) in [6.45, 7) is 12.7. The molecule has 0 atom stereocenters. The number of aromatic nitrogens is 3. The summed E-state index contributed by atoms with van der Waals surface area (Å²) in [5.41, 5.74) is 0.930. The molecule has 0 saturated heterocycles. The highest BCUT2D eigenvalue weighted by atomic mass is 32.1. The molecule has 1 heterocycles. The number of aromatic amines is 1. The molecule has 0 aliphatic carbocycles. The molecule has 4 heteroatoms. The second-order valence-corrected chi connectivity index (χ2v) is 6.01. The van der Waals surface area contributed by atoms with E-state index in [0.29, 0.717) is 0 Å². The summed E-state index contributed by atoms with van der Waals surface area (Å²) >= 11 is 5.39. The number of hydrogen-bond donors (Lipinski definition) is 1. The minimum atomic E-state index is -0.0341. The van der Waals surface area contributed by atoms with Gasteiger partial charge in [-0.25, -0.2) is 5.21 Å². The molecule has 0 radical (unpaired) electrons. The Bertz CT molecular complexity index is 339. The summed E-state index contributed by atoms with van der Waals surface area (Å²) in [5.74, 6) is 0. The summed E-state index contributed by atoms with van der Waals surface area (Å²) in [6, 6.07) is 0. The number of nitrogens with one attached hydrogen (secondary N) is 1. The lowest BCUT2D eigenvalue weighted by Gasteiger charge is -2.20. The molecule has 3 nitrogen and oxygen atoms in total. The van der Waals surface area contributed by atoms with E-state index >= 15 is 0 Å². The van der Waals surface area contributed by atoms with Crippen LogP contribution < -0.4 is 0 Å². The van der Waals surface area contributed by atoms with E-state index in [4.69, 9.17) is 12.2 Å². The van der Waals surface area contributed by atoms with Crippen LogP contribution in [0.3, 0.4) is 0 Å². The number of H-pyrrole nitrogens is 1. The van der Waals surface area contributed by atoms with Crippen LogP contribution in [0.5, 0.6) is 0 Å². The van der Waals surface area contributed by atoms with Crippen molar-refractivity contribution in [2.45, 2.75) is 52.5 Å². The van der Waals surface area contributed by atoms with Crippen LogP contribution in [0.4, 0.5) is 0 Å². The van der Waals surface area contributed by atoms with Gasteiger partial charge in [-0.2, -0.15) is 5.10 Å². The van der Waals surface area contributed by atoms with Crippen molar-refractivity contribution < 1.29 is 0 Å².